The van der Waals surface area contributed by atoms with Crippen LogP contribution in [0, 0.1) is 0 Å². The average Bonchev–Trinajstić information content (AvgIpc) is 3.57. The highest BCUT2D eigenvalue weighted by atomic mass is 35.5. The van der Waals surface area contributed by atoms with Crippen LogP contribution in [0.25, 0.3) is 31.7 Å². The summed E-state index contributed by atoms with van der Waals surface area (Å²) in [5, 5.41) is 4.06. The number of aromatic nitrogens is 3. The molecule has 4 heterocycles. The number of halogens is 1. The summed E-state index contributed by atoms with van der Waals surface area (Å²) in [7, 11) is 0. The monoisotopic (exact) mass is 512 g/mol. The quantitative estimate of drug-likeness (QED) is 0.240. The first kappa shape index (κ1) is 21.9. The van der Waals surface area contributed by atoms with Gasteiger partial charge in [-0.25, -0.2) is 9.97 Å². The zero-order valence-corrected chi connectivity index (χ0v) is 20.6. The molecule has 0 aliphatic carbocycles. The van der Waals surface area contributed by atoms with E-state index in [1.165, 1.54) is 11.3 Å². The number of thiophene rings is 1. The van der Waals surface area contributed by atoms with Crippen molar-refractivity contribution in [2.45, 2.75) is 6.54 Å². The third-order valence-electron chi connectivity index (χ3n) is 5.60. The molecule has 0 N–H and O–H groups in total. The minimum atomic E-state index is -0.143. The SMILES string of the molecule is O=C(c1cc(-c2cccs2)nc2ccccc12)N(Cc1cccnc1)c1nc2ccc(Cl)cc2s1. The molecule has 2 aromatic carbocycles. The Morgan fingerprint density at radius 2 is 1.86 bits per heavy atom. The molecule has 6 aromatic rings. The first-order valence-electron chi connectivity index (χ1n) is 10.9. The minimum Gasteiger partial charge on any atom is -0.279 e. The minimum absolute atomic E-state index is 0.143. The lowest BCUT2D eigenvalue weighted by molar-refractivity contribution is 0.0986. The molecule has 5 nitrogen and oxygen atoms in total. The zero-order valence-electron chi connectivity index (χ0n) is 18.3. The Labute approximate surface area is 214 Å². The molecular weight excluding hydrogens is 496 g/mol. The van der Waals surface area contributed by atoms with Crippen molar-refractivity contribution >= 4 is 66.4 Å². The lowest BCUT2D eigenvalue weighted by Crippen LogP contribution is -2.30. The van der Waals surface area contributed by atoms with Gasteiger partial charge in [-0.1, -0.05) is 53.3 Å². The number of anilines is 1. The van der Waals surface area contributed by atoms with Crippen LogP contribution in [0.15, 0.2) is 90.6 Å². The fraction of sp³-hybridized carbons (Fsp3) is 0.0370. The number of fused-ring (bicyclic) bond motifs is 2. The van der Waals surface area contributed by atoms with Gasteiger partial charge in [0, 0.05) is 22.8 Å². The molecule has 6 rings (SSSR count). The Bertz CT molecular complexity index is 1670. The highest BCUT2D eigenvalue weighted by Gasteiger charge is 2.25. The number of pyridine rings is 2. The van der Waals surface area contributed by atoms with Crippen molar-refractivity contribution in [3.05, 3.63) is 107 Å². The Morgan fingerprint density at radius 1 is 0.943 bits per heavy atom. The number of benzene rings is 2. The number of thiazole rings is 1. The van der Waals surface area contributed by atoms with Gasteiger partial charge in [0.05, 0.1) is 38.4 Å². The molecule has 0 spiro atoms. The van der Waals surface area contributed by atoms with Crippen LogP contribution in [0.4, 0.5) is 5.13 Å². The summed E-state index contributed by atoms with van der Waals surface area (Å²) in [6, 6.07) is 23.0. The van der Waals surface area contributed by atoms with Crippen molar-refractivity contribution in [2.75, 3.05) is 4.90 Å². The molecule has 8 heteroatoms. The normalized spacial score (nSPS) is 11.2. The van der Waals surface area contributed by atoms with E-state index in [0.717, 1.165) is 37.3 Å². The summed E-state index contributed by atoms with van der Waals surface area (Å²) in [6.45, 7) is 0.339. The van der Waals surface area contributed by atoms with Gasteiger partial charge in [-0.3, -0.25) is 14.7 Å². The molecule has 0 aliphatic heterocycles. The van der Waals surface area contributed by atoms with Crippen LogP contribution >= 0.6 is 34.3 Å². The summed E-state index contributed by atoms with van der Waals surface area (Å²) in [6.07, 6.45) is 3.49. The van der Waals surface area contributed by atoms with Crippen molar-refractivity contribution in [1.82, 2.24) is 15.0 Å². The molecule has 0 unspecified atom stereocenters. The first-order valence-corrected chi connectivity index (χ1v) is 12.9. The number of rotatable bonds is 5. The predicted octanol–water partition coefficient (Wildman–Crippen LogP) is 7.47. The lowest BCUT2D eigenvalue weighted by atomic mass is 10.1. The topological polar surface area (TPSA) is 59.0 Å². The van der Waals surface area contributed by atoms with Gasteiger partial charge in [-0.2, -0.15) is 0 Å². The van der Waals surface area contributed by atoms with Gasteiger partial charge in [0.25, 0.3) is 5.91 Å². The van der Waals surface area contributed by atoms with Crippen molar-refractivity contribution in [1.29, 1.82) is 0 Å². The number of amides is 1. The molecular formula is C27H17ClN4OS2. The van der Waals surface area contributed by atoms with Crippen molar-refractivity contribution in [3.8, 4) is 10.6 Å². The van der Waals surface area contributed by atoms with Crippen LogP contribution < -0.4 is 4.90 Å². The fourth-order valence-electron chi connectivity index (χ4n) is 3.95. The number of nitrogens with zero attached hydrogens (tertiary/aromatic N) is 4. The van der Waals surface area contributed by atoms with E-state index in [1.54, 1.807) is 28.6 Å². The van der Waals surface area contributed by atoms with E-state index >= 15 is 0 Å². The van der Waals surface area contributed by atoms with E-state index in [1.807, 2.05) is 78.2 Å². The third-order valence-corrected chi connectivity index (χ3v) is 7.77. The van der Waals surface area contributed by atoms with Crippen molar-refractivity contribution in [3.63, 3.8) is 0 Å². The predicted molar refractivity (Wildman–Crippen MR) is 144 cm³/mol. The van der Waals surface area contributed by atoms with Gasteiger partial charge >= 0.3 is 0 Å². The molecule has 35 heavy (non-hydrogen) atoms. The van der Waals surface area contributed by atoms with Gasteiger partial charge < -0.3 is 0 Å². The largest absolute Gasteiger partial charge is 0.279 e. The van der Waals surface area contributed by atoms with Crippen LogP contribution in [0.3, 0.4) is 0 Å². The molecule has 0 aliphatic rings. The van der Waals surface area contributed by atoms with Gasteiger partial charge in [0.2, 0.25) is 0 Å². The molecule has 0 saturated carbocycles. The standard InChI is InChI=1S/C27H17ClN4OS2/c28-18-9-10-22-25(13-18)35-27(31-22)32(16-17-5-3-11-29-15-17)26(33)20-14-23(24-8-4-12-34-24)30-21-7-2-1-6-19(20)21/h1-15H,16H2. The maximum Gasteiger partial charge on any atom is 0.261 e. The zero-order chi connectivity index (χ0) is 23.8. The molecule has 0 saturated heterocycles. The summed E-state index contributed by atoms with van der Waals surface area (Å²) >= 11 is 9.25. The third kappa shape index (κ3) is 4.30. The second-order valence-corrected chi connectivity index (χ2v) is 10.3. The number of para-hydroxylation sites is 1. The number of carbonyl (C=O) groups excluding carboxylic acids is 1. The lowest BCUT2D eigenvalue weighted by Gasteiger charge is -2.21. The smallest absolute Gasteiger partial charge is 0.261 e. The van der Waals surface area contributed by atoms with Gasteiger partial charge in [0.1, 0.15) is 0 Å². The van der Waals surface area contributed by atoms with Crippen LogP contribution in [0.1, 0.15) is 15.9 Å². The van der Waals surface area contributed by atoms with E-state index in [9.17, 15) is 4.79 Å². The van der Waals surface area contributed by atoms with E-state index in [-0.39, 0.29) is 5.91 Å². The second kappa shape index (κ2) is 9.19. The Balaban J connectivity index is 1.52. The van der Waals surface area contributed by atoms with Gasteiger partial charge in [-0.15, -0.1) is 11.3 Å². The Kier molecular flexibility index (Phi) is 5.74. The van der Waals surface area contributed by atoms with E-state index < -0.39 is 0 Å². The van der Waals surface area contributed by atoms with Crippen LogP contribution in [0.2, 0.25) is 5.02 Å². The highest BCUT2D eigenvalue weighted by molar-refractivity contribution is 7.22. The van der Waals surface area contributed by atoms with Crippen molar-refractivity contribution in [2.24, 2.45) is 0 Å². The van der Waals surface area contributed by atoms with E-state index in [0.29, 0.717) is 22.3 Å². The molecule has 4 aromatic heterocycles. The van der Waals surface area contributed by atoms with Gasteiger partial charge in [-0.05, 0) is 53.4 Å². The van der Waals surface area contributed by atoms with Crippen molar-refractivity contribution < 1.29 is 4.79 Å². The summed E-state index contributed by atoms with van der Waals surface area (Å²) in [5.41, 5.74) is 3.85. The maximum atomic E-state index is 14.3. The summed E-state index contributed by atoms with van der Waals surface area (Å²) in [5.74, 6) is -0.143. The average molecular weight is 513 g/mol. The molecule has 0 fully saturated rings. The van der Waals surface area contributed by atoms with Gasteiger partial charge in [0.15, 0.2) is 5.13 Å². The van der Waals surface area contributed by atoms with E-state index in [2.05, 4.69) is 4.98 Å². The molecule has 0 atom stereocenters. The molecule has 0 radical (unpaired) electrons. The maximum absolute atomic E-state index is 14.3. The van der Waals surface area contributed by atoms with Crippen LogP contribution in [0.5, 0.6) is 0 Å². The molecule has 1 amide bonds. The van der Waals surface area contributed by atoms with Crippen LogP contribution in [-0.4, -0.2) is 20.9 Å². The Hall–Kier alpha value is -3.65. The number of hydrogen-bond acceptors (Lipinski definition) is 6. The number of carbonyl (C=O) groups is 1. The summed E-state index contributed by atoms with van der Waals surface area (Å²) < 4.78 is 0.926. The van der Waals surface area contributed by atoms with E-state index in [4.69, 9.17) is 21.6 Å². The Morgan fingerprint density at radius 3 is 2.69 bits per heavy atom. The van der Waals surface area contributed by atoms with Crippen LogP contribution in [-0.2, 0) is 6.54 Å². The molecule has 170 valence electrons. The number of hydrogen-bond donors (Lipinski definition) is 0. The molecule has 0 bridgehead atoms. The summed E-state index contributed by atoms with van der Waals surface area (Å²) in [4.78, 5) is 30.8. The fourth-order valence-corrected chi connectivity index (χ4v) is 5.88. The second-order valence-electron chi connectivity index (χ2n) is 7.91. The highest BCUT2D eigenvalue weighted by Crippen LogP contribution is 2.34. The first-order chi connectivity index (χ1) is 17.2.